The molecule has 1 rings (SSSR count). The molecule has 0 fully saturated rings. The zero-order valence-electron chi connectivity index (χ0n) is 7.12. The summed E-state index contributed by atoms with van der Waals surface area (Å²) in [6.45, 7) is 1.71. The molecule has 0 saturated heterocycles. The first-order valence-corrected chi connectivity index (χ1v) is 4.17. The van der Waals surface area contributed by atoms with Crippen molar-refractivity contribution in [2.75, 3.05) is 12.4 Å². The van der Waals surface area contributed by atoms with Gasteiger partial charge in [-0.1, -0.05) is 0 Å². The van der Waals surface area contributed by atoms with Crippen LogP contribution in [0.15, 0.2) is 0 Å². The summed E-state index contributed by atoms with van der Waals surface area (Å²) in [6, 6.07) is 1.95. The highest BCUT2D eigenvalue weighted by atomic mass is 32.1. The van der Waals surface area contributed by atoms with Gasteiger partial charge >= 0.3 is 6.09 Å². The van der Waals surface area contributed by atoms with E-state index in [1.54, 1.807) is 6.92 Å². The number of hydrogen-bond donors (Lipinski definition) is 1. The number of aryl methyl sites for hydroxylation is 1. The third-order valence-corrected chi connectivity index (χ3v) is 2.23. The number of anilines is 1. The SMILES string of the molecule is COC(=O)Nc1snc(C)c1C#N. The molecule has 0 unspecified atom stereocenters. The second kappa shape index (κ2) is 3.87. The van der Waals surface area contributed by atoms with Crippen molar-refractivity contribution in [3.8, 4) is 6.07 Å². The van der Waals surface area contributed by atoms with Crippen molar-refractivity contribution in [1.29, 1.82) is 5.26 Å². The standard InChI is InChI=1S/C7H7N3O2S/c1-4-5(3-8)6(13-10-4)9-7(11)12-2/h1-2H3,(H,9,11). The molecule has 0 aromatic carbocycles. The molecule has 0 atom stereocenters. The fraction of sp³-hybridized carbons (Fsp3) is 0.286. The first kappa shape index (κ1) is 9.48. The first-order chi connectivity index (χ1) is 6.19. The Morgan fingerprint density at radius 2 is 2.46 bits per heavy atom. The van der Waals surface area contributed by atoms with Crippen LogP contribution < -0.4 is 5.32 Å². The Balaban J connectivity index is 2.90. The van der Waals surface area contributed by atoms with Gasteiger partial charge in [-0.15, -0.1) is 0 Å². The predicted octanol–water partition coefficient (Wildman–Crippen LogP) is 1.50. The lowest BCUT2D eigenvalue weighted by atomic mass is 10.3. The highest BCUT2D eigenvalue weighted by Crippen LogP contribution is 2.23. The van der Waals surface area contributed by atoms with E-state index in [1.807, 2.05) is 6.07 Å². The van der Waals surface area contributed by atoms with Gasteiger partial charge < -0.3 is 4.74 Å². The number of nitrogens with one attached hydrogen (secondary N) is 1. The minimum absolute atomic E-state index is 0.385. The van der Waals surface area contributed by atoms with Gasteiger partial charge in [0.1, 0.15) is 16.6 Å². The van der Waals surface area contributed by atoms with Crippen LogP contribution in [0.1, 0.15) is 11.3 Å². The summed E-state index contributed by atoms with van der Waals surface area (Å²) >= 11 is 1.06. The third kappa shape index (κ3) is 1.95. The van der Waals surface area contributed by atoms with E-state index in [1.165, 1.54) is 7.11 Å². The van der Waals surface area contributed by atoms with Crippen molar-refractivity contribution in [3.05, 3.63) is 11.3 Å². The summed E-state index contributed by atoms with van der Waals surface area (Å²) in [7, 11) is 1.26. The lowest BCUT2D eigenvalue weighted by molar-refractivity contribution is 0.187. The molecule has 1 heterocycles. The molecule has 1 aromatic heterocycles. The van der Waals surface area contributed by atoms with Crippen LogP contribution in [0.3, 0.4) is 0 Å². The van der Waals surface area contributed by atoms with Crippen molar-refractivity contribution < 1.29 is 9.53 Å². The van der Waals surface area contributed by atoms with Gasteiger partial charge in [-0.05, 0) is 18.5 Å². The van der Waals surface area contributed by atoms with Gasteiger partial charge in [0.05, 0.1) is 12.8 Å². The maximum Gasteiger partial charge on any atom is 0.412 e. The highest BCUT2D eigenvalue weighted by molar-refractivity contribution is 7.10. The van der Waals surface area contributed by atoms with E-state index in [9.17, 15) is 4.79 Å². The highest BCUT2D eigenvalue weighted by Gasteiger charge is 2.12. The normalized spacial score (nSPS) is 9.00. The summed E-state index contributed by atoms with van der Waals surface area (Å²) in [5, 5.41) is 11.5. The molecule has 0 bridgehead atoms. The average molecular weight is 197 g/mol. The van der Waals surface area contributed by atoms with Crippen LogP contribution >= 0.6 is 11.5 Å². The molecule has 0 saturated carbocycles. The number of aromatic nitrogens is 1. The number of carbonyl (C=O) groups excluding carboxylic acids is 1. The number of hydrogen-bond acceptors (Lipinski definition) is 5. The van der Waals surface area contributed by atoms with Crippen LogP contribution in [0, 0.1) is 18.3 Å². The fourth-order valence-corrected chi connectivity index (χ4v) is 1.46. The van der Waals surface area contributed by atoms with E-state index < -0.39 is 6.09 Å². The Morgan fingerprint density at radius 3 is 3.00 bits per heavy atom. The van der Waals surface area contributed by atoms with E-state index in [0.29, 0.717) is 16.3 Å². The molecule has 13 heavy (non-hydrogen) atoms. The molecule has 0 radical (unpaired) electrons. The number of carbonyl (C=O) groups is 1. The minimum Gasteiger partial charge on any atom is -0.453 e. The van der Waals surface area contributed by atoms with Crippen molar-refractivity contribution in [2.24, 2.45) is 0 Å². The van der Waals surface area contributed by atoms with Crippen molar-refractivity contribution in [3.63, 3.8) is 0 Å². The predicted molar refractivity (Wildman–Crippen MR) is 47.6 cm³/mol. The Morgan fingerprint density at radius 1 is 1.77 bits per heavy atom. The smallest absolute Gasteiger partial charge is 0.412 e. The molecule has 0 spiro atoms. The Hall–Kier alpha value is -1.61. The quantitative estimate of drug-likeness (QED) is 0.740. The first-order valence-electron chi connectivity index (χ1n) is 3.40. The Kier molecular flexibility index (Phi) is 2.82. The van der Waals surface area contributed by atoms with E-state index in [-0.39, 0.29) is 0 Å². The summed E-state index contributed by atoms with van der Waals surface area (Å²) < 4.78 is 8.31. The molecule has 5 nitrogen and oxygen atoms in total. The molecule has 0 aliphatic rings. The molecule has 0 aliphatic carbocycles. The van der Waals surface area contributed by atoms with Gasteiger partial charge in [0.15, 0.2) is 0 Å². The van der Waals surface area contributed by atoms with Gasteiger partial charge in [-0.25, -0.2) is 4.79 Å². The number of rotatable bonds is 1. The van der Waals surface area contributed by atoms with E-state index in [0.717, 1.165) is 11.5 Å². The third-order valence-electron chi connectivity index (χ3n) is 1.38. The van der Waals surface area contributed by atoms with Crippen LogP contribution in [0.5, 0.6) is 0 Å². The number of methoxy groups -OCH3 is 1. The molecule has 6 heteroatoms. The maximum absolute atomic E-state index is 10.8. The van der Waals surface area contributed by atoms with Crippen LogP contribution in [0.2, 0.25) is 0 Å². The minimum atomic E-state index is -0.597. The van der Waals surface area contributed by atoms with E-state index in [2.05, 4.69) is 14.4 Å². The summed E-state index contributed by atoms with van der Waals surface area (Å²) in [4.78, 5) is 10.8. The van der Waals surface area contributed by atoms with Crippen molar-refractivity contribution in [2.45, 2.75) is 6.92 Å². The lowest BCUT2D eigenvalue weighted by Gasteiger charge is -1.98. The van der Waals surface area contributed by atoms with Crippen molar-refractivity contribution >= 4 is 22.6 Å². The van der Waals surface area contributed by atoms with E-state index in [4.69, 9.17) is 5.26 Å². The summed E-state index contributed by atoms with van der Waals surface area (Å²) in [5.41, 5.74) is 0.995. The molecule has 1 N–H and O–H groups in total. The van der Waals surface area contributed by atoms with Gasteiger partial charge in [-0.3, -0.25) is 5.32 Å². The number of nitriles is 1. The number of ether oxygens (including phenoxy) is 1. The topological polar surface area (TPSA) is 75.0 Å². The maximum atomic E-state index is 10.8. The monoisotopic (exact) mass is 197 g/mol. The largest absolute Gasteiger partial charge is 0.453 e. The zero-order chi connectivity index (χ0) is 9.84. The Bertz CT molecular complexity index is 366. The van der Waals surface area contributed by atoms with Crippen LogP contribution in [-0.2, 0) is 4.74 Å². The van der Waals surface area contributed by atoms with E-state index >= 15 is 0 Å². The molecular formula is C7H7N3O2S. The second-order valence-corrected chi connectivity index (χ2v) is 2.97. The number of nitrogens with zero attached hydrogens (tertiary/aromatic N) is 2. The van der Waals surface area contributed by atoms with Gasteiger partial charge in [0, 0.05) is 0 Å². The number of amides is 1. The summed E-state index contributed by atoms with van der Waals surface area (Å²) in [5.74, 6) is 0. The summed E-state index contributed by atoms with van der Waals surface area (Å²) in [6.07, 6.45) is -0.597. The zero-order valence-corrected chi connectivity index (χ0v) is 7.94. The Labute approximate surface area is 79.1 Å². The molecule has 1 aromatic rings. The lowest BCUT2D eigenvalue weighted by Crippen LogP contribution is -2.10. The van der Waals surface area contributed by atoms with Crippen LogP contribution in [0.4, 0.5) is 9.80 Å². The van der Waals surface area contributed by atoms with Gasteiger partial charge in [0.25, 0.3) is 0 Å². The fourth-order valence-electron chi connectivity index (χ4n) is 0.730. The van der Waals surface area contributed by atoms with Crippen LogP contribution in [-0.4, -0.2) is 17.6 Å². The second-order valence-electron chi connectivity index (χ2n) is 2.20. The molecule has 68 valence electrons. The molecule has 1 amide bonds. The van der Waals surface area contributed by atoms with Gasteiger partial charge in [0.2, 0.25) is 0 Å². The van der Waals surface area contributed by atoms with Crippen LogP contribution in [0.25, 0.3) is 0 Å². The van der Waals surface area contributed by atoms with Gasteiger partial charge in [-0.2, -0.15) is 9.64 Å². The molecule has 0 aliphatic heterocycles. The average Bonchev–Trinajstić information content (AvgIpc) is 2.46. The molecular weight excluding hydrogens is 190 g/mol. The van der Waals surface area contributed by atoms with Crippen molar-refractivity contribution in [1.82, 2.24) is 4.37 Å².